The first-order valence-corrected chi connectivity index (χ1v) is 9.54. The molecule has 136 valence electrons. The van der Waals surface area contributed by atoms with Crippen LogP contribution in [-0.4, -0.2) is 21.3 Å². The maximum absolute atomic E-state index is 13.4. The Bertz CT molecular complexity index is 1070. The number of nitrogens with zero attached hydrogens (tertiary/aromatic N) is 2. The maximum atomic E-state index is 13.4. The first kappa shape index (κ1) is 16.3. The first-order valence-electron chi connectivity index (χ1n) is 9.54. The molecule has 0 N–H and O–H groups in total. The number of amides is 2. The lowest BCUT2D eigenvalue weighted by molar-refractivity contribution is -0.140. The normalized spacial score (nSPS) is 24.4. The van der Waals surface area contributed by atoms with Crippen molar-refractivity contribution in [2.75, 3.05) is 0 Å². The zero-order valence-electron chi connectivity index (χ0n) is 15.6. The molecule has 3 atom stereocenters. The van der Waals surface area contributed by atoms with Crippen molar-refractivity contribution in [1.82, 2.24) is 9.47 Å². The molecule has 1 saturated heterocycles. The molecule has 4 heteroatoms. The van der Waals surface area contributed by atoms with Gasteiger partial charge in [-0.25, -0.2) is 0 Å². The molecular weight excluding hydrogens is 336 g/mol. The summed E-state index contributed by atoms with van der Waals surface area (Å²) in [6.07, 6.45) is 0.734. The number of aromatic nitrogens is 1. The number of carbonyl (C=O) groups excluding carboxylic acids is 2. The van der Waals surface area contributed by atoms with Crippen molar-refractivity contribution in [3.63, 3.8) is 0 Å². The van der Waals surface area contributed by atoms with Gasteiger partial charge in [0.2, 0.25) is 11.8 Å². The zero-order valence-corrected chi connectivity index (χ0v) is 15.6. The minimum absolute atomic E-state index is 0.0145. The molecule has 5 rings (SSSR count). The highest BCUT2D eigenvalue weighted by atomic mass is 16.2. The number of hydrogen-bond acceptors (Lipinski definition) is 2. The standard InChI is InChI=1S/C23H22N2O2/c1-14-12-17-20(19-16-10-6-7-11-18(16)24(2)21(14)19)23(27)25(22(17)26)13-15-8-4-3-5-9-15/h3-11,14,17,20H,12-13H2,1-2H3. The molecule has 3 aromatic rings. The molecule has 1 aromatic heterocycles. The van der Waals surface area contributed by atoms with E-state index in [-0.39, 0.29) is 29.6 Å². The minimum Gasteiger partial charge on any atom is -0.347 e. The largest absolute Gasteiger partial charge is 0.347 e. The first-order chi connectivity index (χ1) is 13.1. The summed E-state index contributed by atoms with van der Waals surface area (Å²) in [7, 11) is 2.07. The third-order valence-electron chi connectivity index (χ3n) is 6.28. The van der Waals surface area contributed by atoms with E-state index in [9.17, 15) is 9.59 Å². The Balaban J connectivity index is 1.63. The number of carbonyl (C=O) groups is 2. The van der Waals surface area contributed by atoms with Gasteiger partial charge in [-0.05, 0) is 29.5 Å². The van der Waals surface area contributed by atoms with Gasteiger partial charge in [-0.3, -0.25) is 14.5 Å². The molecule has 2 aromatic carbocycles. The van der Waals surface area contributed by atoms with Crippen LogP contribution in [0.3, 0.4) is 0 Å². The van der Waals surface area contributed by atoms with Crippen molar-refractivity contribution < 1.29 is 9.59 Å². The summed E-state index contributed by atoms with van der Waals surface area (Å²) in [4.78, 5) is 28.0. The Morgan fingerprint density at radius 3 is 2.44 bits per heavy atom. The molecule has 1 aliphatic heterocycles. The number of para-hydroxylation sites is 1. The number of benzene rings is 2. The van der Waals surface area contributed by atoms with Gasteiger partial charge in [0.15, 0.2) is 0 Å². The Hall–Kier alpha value is -2.88. The van der Waals surface area contributed by atoms with E-state index in [1.165, 1.54) is 10.6 Å². The Labute approximate surface area is 158 Å². The molecule has 1 aliphatic carbocycles. The van der Waals surface area contributed by atoms with Crippen molar-refractivity contribution >= 4 is 22.7 Å². The van der Waals surface area contributed by atoms with Crippen molar-refractivity contribution in [2.24, 2.45) is 13.0 Å². The van der Waals surface area contributed by atoms with Crippen LogP contribution in [0.2, 0.25) is 0 Å². The second-order valence-electron chi connectivity index (χ2n) is 7.84. The zero-order chi connectivity index (χ0) is 18.7. The topological polar surface area (TPSA) is 42.3 Å². The number of fused-ring (bicyclic) bond motifs is 5. The van der Waals surface area contributed by atoms with Crippen LogP contribution in [0.25, 0.3) is 10.9 Å². The summed E-state index contributed by atoms with van der Waals surface area (Å²) in [5.41, 5.74) is 4.41. The summed E-state index contributed by atoms with van der Waals surface area (Å²) >= 11 is 0. The summed E-state index contributed by atoms with van der Waals surface area (Å²) in [5.74, 6) is -0.391. The van der Waals surface area contributed by atoms with Crippen molar-refractivity contribution in [1.29, 1.82) is 0 Å². The summed E-state index contributed by atoms with van der Waals surface area (Å²) < 4.78 is 2.21. The van der Waals surface area contributed by atoms with Gasteiger partial charge in [0.25, 0.3) is 0 Å². The number of hydrogen-bond donors (Lipinski definition) is 0. The van der Waals surface area contributed by atoms with Crippen LogP contribution in [0.4, 0.5) is 0 Å². The van der Waals surface area contributed by atoms with Crippen LogP contribution in [-0.2, 0) is 23.2 Å². The number of likely N-dealkylation sites (tertiary alicyclic amines) is 1. The highest BCUT2D eigenvalue weighted by Gasteiger charge is 2.53. The van der Waals surface area contributed by atoms with E-state index in [4.69, 9.17) is 0 Å². The van der Waals surface area contributed by atoms with E-state index in [0.29, 0.717) is 6.54 Å². The average Bonchev–Trinajstić information content (AvgIpc) is 3.11. The lowest BCUT2D eigenvalue weighted by Crippen LogP contribution is -2.30. The van der Waals surface area contributed by atoms with Gasteiger partial charge < -0.3 is 4.57 Å². The molecule has 0 saturated carbocycles. The summed E-state index contributed by atoms with van der Waals surface area (Å²) in [5, 5.41) is 1.11. The molecule has 0 spiro atoms. The molecule has 3 unspecified atom stereocenters. The van der Waals surface area contributed by atoms with Gasteiger partial charge in [0.1, 0.15) is 0 Å². The monoisotopic (exact) mass is 358 g/mol. The molecule has 4 nitrogen and oxygen atoms in total. The van der Waals surface area contributed by atoms with Crippen LogP contribution in [0, 0.1) is 5.92 Å². The van der Waals surface area contributed by atoms with Gasteiger partial charge >= 0.3 is 0 Å². The van der Waals surface area contributed by atoms with Crippen LogP contribution in [0.5, 0.6) is 0 Å². The Morgan fingerprint density at radius 1 is 0.963 bits per heavy atom. The fraction of sp³-hybridized carbons (Fsp3) is 0.304. The molecule has 2 aliphatic rings. The second kappa shape index (κ2) is 5.81. The van der Waals surface area contributed by atoms with Crippen LogP contribution in [0.15, 0.2) is 54.6 Å². The predicted octanol–water partition coefficient (Wildman–Crippen LogP) is 3.95. The highest BCUT2D eigenvalue weighted by Crippen LogP contribution is 2.51. The average molecular weight is 358 g/mol. The number of imide groups is 1. The number of rotatable bonds is 2. The van der Waals surface area contributed by atoms with Crippen molar-refractivity contribution in [3.8, 4) is 0 Å². The quantitative estimate of drug-likeness (QED) is 0.651. The molecule has 27 heavy (non-hydrogen) atoms. The predicted molar refractivity (Wildman–Crippen MR) is 104 cm³/mol. The van der Waals surface area contributed by atoms with E-state index in [0.717, 1.165) is 28.5 Å². The smallest absolute Gasteiger partial charge is 0.237 e. The third-order valence-corrected chi connectivity index (χ3v) is 6.28. The summed E-state index contributed by atoms with van der Waals surface area (Å²) in [6, 6.07) is 18.0. The molecule has 2 amide bonds. The van der Waals surface area contributed by atoms with E-state index in [1.807, 2.05) is 42.5 Å². The second-order valence-corrected chi connectivity index (χ2v) is 7.84. The SMILES string of the molecule is CC1CC2C(=O)N(Cc3ccccc3)C(=O)C2c2c1n(C)c1ccccc21. The van der Waals surface area contributed by atoms with E-state index >= 15 is 0 Å². The summed E-state index contributed by atoms with van der Waals surface area (Å²) in [6.45, 7) is 2.53. The van der Waals surface area contributed by atoms with Gasteiger partial charge in [0, 0.05) is 23.6 Å². The Kier molecular flexibility index (Phi) is 3.51. The van der Waals surface area contributed by atoms with E-state index in [2.05, 4.69) is 30.7 Å². The fourth-order valence-corrected chi connectivity index (χ4v) is 5.13. The van der Waals surface area contributed by atoms with Gasteiger partial charge in [-0.15, -0.1) is 0 Å². The number of aryl methyl sites for hydroxylation is 1. The van der Waals surface area contributed by atoms with Crippen LogP contribution >= 0.6 is 0 Å². The molecule has 1 fully saturated rings. The lowest BCUT2D eigenvalue weighted by atomic mass is 9.74. The van der Waals surface area contributed by atoms with Crippen LogP contribution < -0.4 is 0 Å². The van der Waals surface area contributed by atoms with Crippen molar-refractivity contribution in [2.45, 2.75) is 31.7 Å². The van der Waals surface area contributed by atoms with Crippen LogP contribution in [0.1, 0.15) is 42.0 Å². The third kappa shape index (κ3) is 2.22. The maximum Gasteiger partial charge on any atom is 0.237 e. The fourth-order valence-electron chi connectivity index (χ4n) is 5.13. The van der Waals surface area contributed by atoms with E-state index < -0.39 is 0 Å². The highest BCUT2D eigenvalue weighted by molar-refractivity contribution is 6.10. The van der Waals surface area contributed by atoms with Gasteiger partial charge in [-0.1, -0.05) is 55.5 Å². The van der Waals surface area contributed by atoms with Gasteiger partial charge in [0.05, 0.1) is 18.4 Å². The molecule has 2 heterocycles. The van der Waals surface area contributed by atoms with Crippen molar-refractivity contribution in [3.05, 3.63) is 71.4 Å². The molecule has 0 radical (unpaired) electrons. The minimum atomic E-state index is -0.349. The van der Waals surface area contributed by atoms with E-state index in [1.54, 1.807) is 0 Å². The Morgan fingerprint density at radius 2 is 1.67 bits per heavy atom. The lowest BCUT2D eigenvalue weighted by Gasteiger charge is -2.28. The molecule has 0 bridgehead atoms. The van der Waals surface area contributed by atoms with Gasteiger partial charge in [-0.2, -0.15) is 0 Å². The molecular formula is C23H22N2O2.